The first-order valence-corrected chi connectivity index (χ1v) is 7.30. The standard InChI is InChI=1S/C11H13BrF3NS/c1-2-8(5-12)7-17-10-4-3-9(6-16-10)11(13,14)15/h3-4,6,8H,2,5,7H2,1H3. The molecule has 1 atom stereocenters. The number of nitrogens with zero attached hydrogens (tertiary/aromatic N) is 1. The monoisotopic (exact) mass is 327 g/mol. The second kappa shape index (κ2) is 6.64. The summed E-state index contributed by atoms with van der Waals surface area (Å²) in [6.45, 7) is 2.09. The zero-order valence-corrected chi connectivity index (χ0v) is 11.7. The molecule has 0 aliphatic heterocycles. The van der Waals surface area contributed by atoms with Crippen LogP contribution >= 0.6 is 27.7 Å². The van der Waals surface area contributed by atoms with Crippen LogP contribution in [0.1, 0.15) is 18.9 Å². The topological polar surface area (TPSA) is 12.9 Å². The predicted octanol–water partition coefficient (Wildman–Crippen LogP) is 4.61. The third-order valence-corrected chi connectivity index (χ3v) is 4.42. The van der Waals surface area contributed by atoms with Crippen LogP contribution in [0, 0.1) is 5.92 Å². The van der Waals surface area contributed by atoms with Crippen molar-refractivity contribution in [2.75, 3.05) is 11.1 Å². The van der Waals surface area contributed by atoms with E-state index < -0.39 is 11.7 Å². The van der Waals surface area contributed by atoms with E-state index in [0.717, 1.165) is 29.8 Å². The number of thioether (sulfide) groups is 1. The Balaban J connectivity index is 2.57. The van der Waals surface area contributed by atoms with Crippen molar-refractivity contribution in [3.05, 3.63) is 23.9 Å². The molecule has 1 nitrogen and oxygen atoms in total. The Hall–Kier alpha value is -0.230. The van der Waals surface area contributed by atoms with Gasteiger partial charge in [-0.25, -0.2) is 4.98 Å². The summed E-state index contributed by atoms with van der Waals surface area (Å²) in [5, 5.41) is 1.54. The zero-order valence-electron chi connectivity index (χ0n) is 9.30. The highest BCUT2D eigenvalue weighted by Gasteiger charge is 2.30. The van der Waals surface area contributed by atoms with Crippen LogP contribution in [0.2, 0.25) is 0 Å². The van der Waals surface area contributed by atoms with E-state index in [1.807, 2.05) is 0 Å². The van der Waals surface area contributed by atoms with Crippen molar-refractivity contribution in [3.8, 4) is 0 Å². The van der Waals surface area contributed by atoms with Crippen molar-refractivity contribution < 1.29 is 13.2 Å². The summed E-state index contributed by atoms with van der Waals surface area (Å²) in [7, 11) is 0. The lowest BCUT2D eigenvalue weighted by molar-refractivity contribution is -0.137. The molecule has 0 aliphatic rings. The second-order valence-electron chi connectivity index (χ2n) is 3.62. The number of hydrogen-bond donors (Lipinski definition) is 0. The smallest absolute Gasteiger partial charge is 0.249 e. The Kier molecular flexibility index (Phi) is 5.79. The second-order valence-corrected chi connectivity index (χ2v) is 5.31. The molecule has 96 valence electrons. The molecule has 0 amide bonds. The molecule has 0 bridgehead atoms. The maximum Gasteiger partial charge on any atom is 0.417 e. The van der Waals surface area contributed by atoms with Gasteiger partial charge in [0.2, 0.25) is 0 Å². The molecule has 0 aliphatic carbocycles. The molecule has 0 radical (unpaired) electrons. The summed E-state index contributed by atoms with van der Waals surface area (Å²) in [5.74, 6) is 1.38. The molecule has 1 heterocycles. The highest BCUT2D eigenvalue weighted by atomic mass is 79.9. The van der Waals surface area contributed by atoms with Gasteiger partial charge in [-0.05, 0) is 18.1 Å². The summed E-state index contributed by atoms with van der Waals surface area (Å²) in [6, 6.07) is 2.50. The number of halogens is 4. The third-order valence-electron chi connectivity index (χ3n) is 2.33. The molecular formula is C11H13BrF3NS. The molecule has 6 heteroatoms. The fraction of sp³-hybridized carbons (Fsp3) is 0.545. The van der Waals surface area contributed by atoms with Gasteiger partial charge in [0, 0.05) is 17.3 Å². The van der Waals surface area contributed by atoms with Crippen LogP contribution in [0.5, 0.6) is 0 Å². The normalized spacial score (nSPS) is 13.7. The van der Waals surface area contributed by atoms with Crippen molar-refractivity contribution in [3.63, 3.8) is 0 Å². The van der Waals surface area contributed by atoms with Crippen LogP contribution < -0.4 is 0 Å². The molecule has 1 aromatic rings. The molecule has 0 saturated carbocycles. The van der Waals surface area contributed by atoms with Crippen molar-refractivity contribution >= 4 is 27.7 Å². The summed E-state index contributed by atoms with van der Waals surface area (Å²) < 4.78 is 36.9. The summed E-state index contributed by atoms with van der Waals surface area (Å²) >= 11 is 4.89. The maximum atomic E-state index is 12.3. The number of pyridine rings is 1. The SMILES string of the molecule is CCC(CBr)CSc1ccc(C(F)(F)F)cn1. The van der Waals surface area contributed by atoms with E-state index in [-0.39, 0.29) is 0 Å². The first-order chi connectivity index (χ1) is 7.97. The number of rotatable bonds is 5. The average Bonchev–Trinajstić information content (AvgIpc) is 2.30. The summed E-state index contributed by atoms with van der Waals surface area (Å²) in [5.41, 5.74) is -0.700. The van der Waals surface area contributed by atoms with E-state index in [4.69, 9.17) is 0 Å². The van der Waals surface area contributed by atoms with Crippen LogP contribution in [-0.4, -0.2) is 16.1 Å². The maximum absolute atomic E-state index is 12.3. The van der Waals surface area contributed by atoms with Gasteiger partial charge in [-0.2, -0.15) is 13.2 Å². The zero-order chi connectivity index (χ0) is 12.9. The minimum atomic E-state index is -4.31. The van der Waals surface area contributed by atoms with Gasteiger partial charge in [0.1, 0.15) is 0 Å². The van der Waals surface area contributed by atoms with Crippen molar-refractivity contribution in [2.24, 2.45) is 5.92 Å². The van der Waals surface area contributed by atoms with Crippen LogP contribution in [0.3, 0.4) is 0 Å². The Morgan fingerprint density at radius 3 is 2.53 bits per heavy atom. The molecule has 0 fully saturated rings. The molecule has 1 rings (SSSR count). The van der Waals surface area contributed by atoms with Gasteiger partial charge in [0.05, 0.1) is 10.6 Å². The first kappa shape index (κ1) is 14.8. The van der Waals surface area contributed by atoms with Crippen molar-refractivity contribution in [1.82, 2.24) is 4.98 Å². The van der Waals surface area contributed by atoms with E-state index in [1.54, 1.807) is 0 Å². The fourth-order valence-electron chi connectivity index (χ4n) is 1.11. The van der Waals surface area contributed by atoms with Gasteiger partial charge in [0.15, 0.2) is 0 Å². The Morgan fingerprint density at radius 1 is 1.41 bits per heavy atom. The minimum absolute atomic E-state index is 0.518. The predicted molar refractivity (Wildman–Crippen MR) is 67.5 cm³/mol. The van der Waals surface area contributed by atoms with Gasteiger partial charge in [-0.3, -0.25) is 0 Å². The minimum Gasteiger partial charge on any atom is -0.249 e. The van der Waals surface area contributed by atoms with Gasteiger partial charge in [-0.1, -0.05) is 29.3 Å². The van der Waals surface area contributed by atoms with E-state index in [0.29, 0.717) is 10.9 Å². The first-order valence-electron chi connectivity index (χ1n) is 5.19. The highest BCUT2D eigenvalue weighted by Crippen LogP contribution is 2.30. The molecule has 1 unspecified atom stereocenters. The highest BCUT2D eigenvalue weighted by molar-refractivity contribution is 9.09. The van der Waals surface area contributed by atoms with Crippen LogP contribution in [0.15, 0.2) is 23.4 Å². The Labute approximate surface area is 111 Å². The molecule has 0 saturated heterocycles. The van der Waals surface area contributed by atoms with Gasteiger partial charge >= 0.3 is 6.18 Å². The number of hydrogen-bond acceptors (Lipinski definition) is 2. The van der Waals surface area contributed by atoms with Gasteiger partial charge in [-0.15, -0.1) is 11.8 Å². The molecule has 1 aromatic heterocycles. The molecule has 0 aromatic carbocycles. The van der Waals surface area contributed by atoms with E-state index >= 15 is 0 Å². The van der Waals surface area contributed by atoms with E-state index in [2.05, 4.69) is 27.8 Å². The Bertz CT molecular complexity index is 336. The van der Waals surface area contributed by atoms with Crippen molar-refractivity contribution in [2.45, 2.75) is 24.5 Å². The molecule has 0 N–H and O–H groups in total. The summed E-state index contributed by atoms with van der Waals surface area (Å²) in [6.07, 6.45) is -2.38. The van der Waals surface area contributed by atoms with Crippen LogP contribution in [-0.2, 0) is 6.18 Å². The third kappa shape index (κ3) is 4.87. The quantitative estimate of drug-likeness (QED) is 0.578. The summed E-state index contributed by atoms with van der Waals surface area (Å²) in [4.78, 5) is 3.81. The van der Waals surface area contributed by atoms with Crippen LogP contribution in [0.25, 0.3) is 0 Å². The van der Waals surface area contributed by atoms with E-state index in [9.17, 15) is 13.2 Å². The number of alkyl halides is 4. The van der Waals surface area contributed by atoms with Gasteiger partial charge in [0.25, 0.3) is 0 Å². The lowest BCUT2D eigenvalue weighted by atomic mass is 10.2. The van der Waals surface area contributed by atoms with Gasteiger partial charge < -0.3 is 0 Å². The molecule has 17 heavy (non-hydrogen) atoms. The van der Waals surface area contributed by atoms with Crippen LogP contribution in [0.4, 0.5) is 13.2 Å². The molecular weight excluding hydrogens is 315 g/mol. The van der Waals surface area contributed by atoms with E-state index in [1.165, 1.54) is 17.8 Å². The average molecular weight is 328 g/mol. The fourth-order valence-corrected chi connectivity index (χ4v) is 3.15. The number of aromatic nitrogens is 1. The van der Waals surface area contributed by atoms with Crippen molar-refractivity contribution in [1.29, 1.82) is 0 Å². The Morgan fingerprint density at radius 2 is 2.12 bits per heavy atom. The lowest BCUT2D eigenvalue weighted by Crippen LogP contribution is -2.06. The molecule has 0 spiro atoms. The lowest BCUT2D eigenvalue weighted by Gasteiger charge is -2.10. The largest absolute Gasteiger partial charge is 0.417 e.